The van der Waals surface area contributed by atoms with Gasteiger partial charge in [-0.3, -0.25) is 9.59 Å². The standard InChI is InChI=1S/C18H16N2O6/c1-2-24-18(23)11-3-5-12(6-4-11)19-16(21)17(22)20-13-7-8-14-15(9-13)26-10-25-14/h3-9H,2,10H2,1H3,(H,19,21)(H,20,22). The van der Waals surface area contributed by atoms with Crippen molar-refractivity contribution in [2.24, 2.45) is 0 Å². The van der Waals surface area contributed by atoms with Crippen molar-refractivity contribution < 1.29 is 28.6 Å². The maximum Gasteiger partial charge on any atom is 0.338 e. The van der Waals surface area contributed by atoms with E-state index in [0.29, 0.717) is 28.4 Å². The van der Waals surface area contributed by atoms with Crippen LogP contribution in [0.3, 0.4) is 0 Å². The molecule has 0 radical (unpaired) electrons. The Bertz CT molecular complexity index is 847. The summed E-state index contributed by atoms with van der Waals surface area (Å²) in [6.45, 7) is 2.11. The van der Waals surface area contributed by atoms with E-state index in [1.165, 1.54) is 24.3 Å². The summed E-state index contributed by atoms with van der Waals surface area (Å²) in [6.07, 6.45) is 0. The second-order valence-electron chi connectivity index (χ2n) is 5.27. The molecule has 0 saturated heterocycles. The van der Waals surface area contributed by atoms with Gasteiger partial charge in [-0.1, -0.05) is 0 Å². The van der Waals surface area contributed by atoms with Gasteiger partial charge in [0.1, 0.15) is 0 Å². The molecule has 2 aromatic carbocycles. The molecule has 134 valence electrons. The largest absolute Gasteiger partial charge is 0.462 e. The third-order valence-corrected chi connectivity index (χ3v) is 3.49. The highest BCUT2D eigenvalue weighted by atomic mass is 16.7. The smallest absolute Gasteiger partial charge is 0.338 e. The van der Waals surface area contributed by atoms with Crippen LogP contribution < -0.4 is 20.1 Å². The molecule has 0 spiro atoms. The van der Waals surface area contributed by atoms with E-state index < -0.39 is 17.8 Å². The average Bonchev–Trinajstić information content (AvgIpc) is 3.10. The van der Waals surface area contributed by atoms with Gasteiger partial charge >= 0.3 is 17.8 Å². The fourth-order valence-electron chi connectivity index (χ4n) is 2.25. The Hall–Kier alpha value is -3.55. The van der Waals surface area contributed by atoms with Crippen LogP contribution in [0.1, 0.15) is 17.3 Å². The number of fused-ring (bicyclic) bond motifs is 1. The van der Waals surface area contributed by atoms with Gasteiger partial charge < -0.3 is 24.8 Å². The normalized spacial score (nSPS) is 11.6. The minimum absolute atomic E-state index is 0.120. The zero-order valence-electron chi connectivity index (χ0n) is 13.9. The summed E-state index contributed by atoms with van der Waals surface area (Å²) in [5, 5.41) is 4.93. The molecular weight excluding hydrogens is 340 g/mol. The Morgan fingerprint density at radius 1 is 0.923 bits per heavy atom. The molecule has 2 amide bonds. The number of amides is 2. The molecular formula is C18H16N2O6. The van der Waals surface area contributed by atoms with Crippen molar-refractivity contribution in [1.82, 2.24) is 0 Å². The third-order valence-electron chi connectivity index (χ3n) is 3.49. The van der Waals surface area contributed by atoms with Crippen molar-refractivity contribution >= 4 is 29.2 Å². The first-order valence-corrected chi connectivity index (χ1v) is 7.86. The van der Waals surface area contributed by atoms with Crippen LogP contribution in [0.15, 0.2) is 42.5 Å². The molecule has 0 unspecified atom stereocenters. The number of benzene rings is 2. The van der Waals surface area contributed by atoms with Crippen molar-refractivity contribution in [1.29, 1.82) is 0 Å². The van der Waals surface area contributed by atoms with Crippen LogP contribution in [0.4, 0.5) is 11.4 Å². The quantitative estimate of drug-likeness (QED) is 0.643. The Morgan fingerprint density at radius 3 is 2.23 bits per heavy atom. The highest BCUT2D eigenvalue weighted by Gasteiger charge is 2.18. The molecule has 2 aromatic rings. The predicted octanol–water partition coefficient (Wildman–Crippen LogP) is 2.17. The zero-order valence-corrected chi connectivity index (χ0v) is 13.9. The molecule has 0 saturated carbocycles. The Morgan fingerprint density at radius 2 is 1.54 bits per heavy atom. The molecule has 0 aliphatic carbocycles. The first kappa shape index (κ1) is 17.3. The number of hydrogen-bond donors (Lipinski definition) is 2. The van der Waals surface area contributed by atoms with E-state index >= 15 is 0 Å². The summed E-state index contributed by atoms with van der Waals surface area (Å²) < 4.78 is 15.3. The van der Waals surface area contributed by atoms with Crippen LogP contribution in [0.5, 0.6) is 11.5 Å². The first-order valence-electron chi connectivity index (χ1n) is 7.86. The zero-order chi connectivity index (χ0) is 18.5. The van der Waals surface area contributed by atoms with Crippen molar-refractivity contribution in [2.45, 2.75) is 6.92 Å². The van der Waals surface area contributed by atoms with E-state index in [1.54, 1.807) is 25.1 Å². The maximum absolute atomic E-state index is 12.0. The van der Waals surface area contributed by atoms with Gasteiger partial charge in [0.15, 0.2) is 11.5 Å². The number of esters is 1. The molecule has 2 N–H and O–H groups in total. The highest BCUT2D eigenvalue weighted by Crippen LogP contribution is 2.34. The SMILES string of the molecule is CCOC(=O)c1ccc(NC(=O)C(=O)Nc2ccc3c(c2)OCO3)cc1. The Balaban J connectivity index is 1.59. The summed E-state index contributed by atoms with van der Waals surface area (Å²) in [6, 6.07) is 10.8. The maximum atomic E-state index is 12.0. The second-order valence-corrected chi connectivity index (χ2v) is 5.27. The summed E-state index contributed by atoms with van der Waals surface area (Å²) >= 11 is 0. The molecule has 0 atom stereocenters. The van der Waals surface area contributed by atoms with E-state index in [1.807, 2.05) is 0 Å². The van der Waals surface area contributed by atoms with Crippen LogP contribution in [0.25, 0.3) is 0 Å². The molecule has 0 aromatic heterocycles. The minimum Gasteiger partial charge on any atom is -0.462 e. The molecule has 26 heavy (non-hydrogen) atoms. The van der Waals surface area contributed by atoms with E-state index in [9.17, 15) is 14.4 Å². The topological polar surface area (TPSA) is 103 Å². The lowest BCUT2D eigenvalue weighted by Gasteiger charge is -2.08. The van der Waals surface area contributed by atoms with Gasteiger partial charge in [-0.25, -0.2) is 4.79 Å². The number of carbonyl (C=O) groups is 3. The van der Waals surface area contributed by atoms with Gasteiger partial charge in [0.25, 0.3) is 0 Å². The van der Waals surface area contributed by atoms with Gasteiger partial charge in [0.2, 0.25) is 6.79 Å². The molecule has 0 bridgehead atoms. The number of ether oxygens (including phenoxy) is 3. The number of hydrogen-bond acceptors (Lipinski definition) is 6. The summed E-state index contributed by atoms with van der Waals surface area (Å²) in [4.78, 5) is 35.6. The monoisotopic (exact) mass is 356 g/mol. The average molecular weight is 356 g/mol. The number of nitrogens with one attached hydrogen (secondary N) is 2. The van der Waals surface area contributed by atoms with Crippen molar-refractivity contribution in [3.05, 3.63) is 48.0 Å². The lowest BCUT2D eigenvalue weighted by atomic mass is 10.2. The molecule has 8 nitrogen and oxygen atoms in total. The van der Waals surface area contributed by atoms with E-state index in [0.717, 1.165) is 0 Å². The summed E-state index contributed by atoms with van der Waals surface area (Å²) in [5.74, 6) is -1.05. The summed E-state index contributed by atoms with van der Waals surface area (Å²) in [7, 11) is 0. The summed E-state index contributed by atoms with van der Waals surface area (Å²) in [5.41, 5.74) is 1.14. The van der Waals surface area contributed by atoms with Crippen LogP contribution >= 0.6 is 0 Å². The molecule has 1 aliphatic rings. The van der Waals surface area contributed by atoms with Crippen molar-refractivity contribution in [3.8, 4) is 11.5 Å². The fourth-order valence-corrected chi connectivity index (χ4v) is 2.25. The van der Waals surface area contributed by atoms with E-state index in [-0.39, 0.29) is 13.4 Å². The van der Waals surface area contributed by atoms with Gasteiger partial charge in [0.05, 0.1) is 12.2 Å². The first-order chi connectivity index (χ1) is 12.6. The molecule has 1 aliphatic heterocycles. The van der Waals surface area contributed by atoms with Gasteiger partial charge in [-0.15, -0.1) is 0 Å². The molecule has 1 heterocycles. The highest BCUT2D eigenvalue weighted by molar-refractivity contribution is 6.43. The number of anilines is 2. The Kier molecular flexibility index (Phi) is 5.02. The second kappa shape index (κ2) is 7.56. The van der Waals surface area contributed by atoms with Gasteiger partial charge in [0, 0.05) is 17.4 Å². The Labute approximate surface area is 149 Å². The number of carbonyl (C=O) groups excluding carboxylic acids is 3. The van der Waals surface area contributed by atoms with Crippen LogP contribution in [-0.2, 0) is 14.3 Å². The van der Waals surface area contributed by atoms with Crippen molar-refractivity contribution in [2.75, 3.05) is 24.0 Å². The third kappa shape index (κ3) is 3.92. The lowest BCUT2D eigenvalue weighted by Crippen LogP contribution is -2.29. The lowest BCUT2D eigenvalue weighted by molar-refractivity contribution is -0.132. The molecule has 8 heteroatoms. The number of rotatable bonds is 4. The van der Waals surface area contributed by atoms with E-state index in [2.05, 4.69) is 10.6 Å². The van der Waals surface area contributed by atoms with Gasteiger partial charge in [-0.2, -0.15) is 0 Å². The van der Waals surface area contributed by atoms with Gasteiger partial charge in [-0.05, 0) is 43.3 Å². The fraction of sp³-hybridized carbons (Fsp3) is 0.167. The van der Waals surface area contributed by atoms with Crippen molar-refractivity contribution in [3.63, 3.8) is 0 Å². The molecule has 0 fully saturated rings. The predicted molar refractivity (Wildman–Crippen MR) is 92.2 cm³/mol. The van der Waals surface area contributed by atoms with E-state index in [4.69, 9.17) is 14.2 Å². The van der Waals surface area contributed by atoms with Crippen LogP contribution in [0, 0.1) is 0 Å². The van der Waals surface area contributed by atoms with Crippen LogP contribution in [0.2, 0.25) is 0 Å². The molecule has 3 rings (SSSR count). The minimum atomic E-state index is -0.841. The van der Waals surface area contributed by atoms with Crippen LogP contribution in [-0.4, -0.2) is 31.2 Å².